The third kappa shape index (κ3) is 7.46. The lowest BCUT2D eigenvalue weighted by Crippen LogP contribution is -2.53. The van der Waals surface area contributed by atoms with Crippen molar-refractivity contribution in [2.45, 2.75) is 104 Å². The molecule has 0 radical (unpaired) electrons. The van der Waals surface area contributed by atoms with Crippen LogP contribution in [-0.4, -0.2) is 65.7 Å². The average Bonchev–Trinajstić information content (AvgIpc) is 2.91. The topological polar surface area (TPSA) is 101 Å². The van der Waals surface area contributed by atoms with Crippen LogP contribution in [-0.2, 0) is 34.7 Å². The third-order valence-electron chi connectivity index (χ3n) is 5.90. The van der Waals surface area contributed by atoms with E-state index in [1.807, 2.05) is 39.8 Å². The first-order valence-electron chi connectivity index (χ1n) is 12.0. The van der Waals surface area contributed by atoms with Gasteiger partial charge in [0.1, 0.15) is 17.2 Å². The average molecular weight is 505 g/mol. The largest absolute Gasteiger partial charge is 0.494 e. The van der Waals surface area contributed by atoms with Crippen LogP contribution in [0.2, 0.25) is 0 Å². The van der Waals surface area contributed by atoms with Crippen LogP contribution in [0.5, 0.6) is 0 Å². The molecule has 1 atom stereocenters. The van der Waals surface area contributed by atoms with E-state index in [4.69, 9.17) is 23.5 Å². The SMILES string of the molecule is COC(=O)C(Cc1ccc(B2OC(C)(C)C(C)(C)O2)cc1)N(C(=O)OC(C)(C)C)C(=O)OC(C)(C)C. The number of imide groups is 1. The molecule has 1 saturated heterocycles. The van der Waals surface area contributed by atoms with Crippen LogP contribution in [0.15, 0.2) is 24.3 Å². The minimum absolute atomic E-state index is 0.00515. The van der Waals surface area contributed by atoms with Crippen LogP contribution in [0, 0.1) is 0 Å². The Morgan fingerprint density at radius 2 is 1.28 bits per heavy atom. The number of ether oxygens (including phenoxy) is 3. The Labute approximate surface area is 214 Å². The number of rotatable bonds is 5. The number of benzene rings is 1. The minimum Gasteiger partial charge on any atom is -0.467 e. The number of nitrogens with zero attached hydrogens (tertiary/aromatic N) is 1. The zero-order valence-electron chi connectivity index (χ0n) is 23.4. The lowest BCUT2D eigenvalue weighted by molar-refractivity contribution is -0.146. The van der Waals surface area contributed by atoms with E-state index in [0.717, 1.165) is 5.46 Å². The molecule has 36 heavy (non-hydrogen) atoms. The highest BCUT2D eigenvalue weighted by molar-refractivity contribution is 6.62. The normalized spacial score (nSPS) is 17.8. The Morgan fingerprint density at radius 1 is 0.861 bits per heavy atom. The highest BCUT2D eigenvalue weighted by Crippen LogP contribution is 2.36. The zero-order chi connectivity index (χ0) is 27.7. The Morgan fingerprint density at radius 3 is 1.64 bits per heavy atom. The van der Waals surface area contributed by atoms with E-state index in [1.165, 1.54) is 7.11 Å². The molecule has 10 heteroatoms. The van der Waals surface area contributed by atoms with Gasteiger partial charge in [-0.3, -0.25) is 0 Å². The van der Waals surface area contributed by atoms with Gasteiger partial charge in [-0.1, -0.05) is 24.3 Å². The van der Waals surface area contributed by atoms with E-state index in [9.17, 15) is 14.4 Å². The molecule has 1 aromatic carbocycles. The summed E-state index contributed by atoms with van der Waals surface area (Å²) < 4.78 is 28.0. The Kier molecular flexibility index (Phi) is 8.58. The summed E-state index contributed by atoms with van der Waals surface area (Å²) in [5, 5.41) is 0. The molecule has 1 heterocycles. The summed E-state index contributed by atoms with van der Waals surface area (Å²) >= 11 is 0. The number of hydrogen-bond acceptors (Lipinski definition) is 8. The number of carbonyl (C=O) groups is 3. The second-order valence-corrected chi connectivity index (χ2v) is 11.9. The van der Waals surface area contributed by atoms with Crippen molar-refractivity contribution in [2.75, 3.05) is 7.11 Å². The molecule has 2 rings (SSSR count). The standard InChI is InChI=1S/C26H40BNO8/c1-23(2,3)33-21(30)28(22(31)34-24(4,5)6)19(20(29)32-11)16-17-12-14-18(15-13-17)27-35-25(7,8)26(9,10)36-27/h12-15,19H,16H2,1-11H3. The fourth-order valence-corrected chi connectivity index (χ4v) is 3.38. The molecular formula is C26H40BNO8. The predicted molar refractivity (Wildman–Crippen MR) is 136 cm³/mol. The number of amides is 2. The van der Waals surface area contributed by atoms with E-state index < -0.39 is 53.7 Å². The summed E-state index contributed by atoms with van der Waals surface area (Å²) in [4.78, 5) is 39.6. The molecule has 1 aliphatic rings. The van der Waals surface area contributed by atoms with Crippen LogP contribution in [0.1, 0.15) is 74.8 Å². The highest BCUT2D eigenvalue weighted by Gasteiger charge is 2.51. The first-order valence-corrected chi connectivity index (χ1v) is 12.0. The smallest absolute Gasteiger partial charge is 0.467 e. The van der Waals surface area contributed by atoms with Crippen molar-refractivity contribution >= 4 is 30.7 Å². The molecule has 1 aliphatic heterocycles. The molecule has 0 aromatic heterocycles. The molecule has 0 spiro atoms. The van der Waals surface area contributed by atoms with Crippen molar-refractivity contribution < 1.29 is 37.9 Å². The van der Waals surface area contributed by atoms with Crippen LogP contribution in [0.3, 0.4) is 0 Å². The van der Waals surface area contributed by atoms with E-state index in [0.29, 0.717) is 10.5 Å². The summed E-state index contributed by atoms with van der Waals surface area (Å²) in [5.74, 6) is -0.776. The maximum Gasteiger partial charge on any atom is 0.494 e. The van der Waals surface area contributed by atoms with Gasteiger partial charge in [-0.2, -0.15) is 4.90 Å². The van der Waals surface area contributed by atoms with E-state index in [-0.39, 0.29) is 6.42 Å². The second-order valence-electron chi connectivity index (χ2n) is 11.9. The Bertz CT molecular complexity index is 916. The van der Waals surface area contributed by atoms with Gasteiger partial charge >= 0.3 is 25.3 Å². The van der Waals surface area contributed by atoms with Gasteiger partial charge in [0.25, 0.3) is 0 Å². The zero-order valence-corrected chi connectivity index (χ0v) is 23.4. The van der Waals surface area contributed by atoms with Crippen molar-refractivity contribution in [3.63, 3.8) is 0 Å². The minimum atomic E-state index is -1.30. The van der Waals surface area contributed by atoms with Gasteiger partial charge in [-0.05, 0) is 80.3 Å². The number of hydrogen-bond donors (Lipinski definition) is 0. The molecule has 0 aliphatic carbocycles. The molecule has 1 fully saturated rings. The van der Waals surface area contributed by atoms with Crippen LogP contribution >= 0.6 is 0 Å². The maximum absolute atomic E-state index is 13.1. The van der Waals surface area contributed by atoms with Crippen LogP contribution < -0.4 is 5.46 Å². The molecule has 0 saturated carbocycles. The van der Waals surface area contributed by atoms with Crippen LogP contribution in [0.4, 0.5) is 9.59 Å². The fourth-order valence-electron chi connectivity index (χ4n) is 3.38. The lowest BCUT2D eigenvalue weighted by Gasteiger charge is -2.32. The molecule has 1 aromatic rings. The molecule has 2 amide bonds. The summed E-state index contributed by atoms with van der Waals surface area (Å²) in [7, 11) is 0.652. The van der Waals surface area contributed by atoms with Crippen molar-refractivity contribution in [2.24, 2.45) is 0 Å². The first kappa shape index (κ1) is 29.6. The van der Waals surface area contributed by atoms with Gasteiger partial charge in [-0.25, -0.2) is 14.4 Å². The van der Waals surface area contributed by atoms with Gasteiger partial charge < -0.3 is 23.5 Å². The number of carbonyl (C=O) groups excluding carboxylic acids is 3. The Balaban J connectivity index is 2.35. The quantitative estimate of drug-likeness (QED) is 0.333. The molecule has 0 N–H and O–H groups in total. The van der Waals surface area contributed by atoms with Crippen molar-refractivity contribution in [3.8, 4) is 0 Å². The van der Waals surface area contributed by atoms with Gasteiger partial charge in [0.15, 0.2) is 0 Å². The molecular weight excluding hydrogens is 465 g/mol. The van der Waals surface area contributed by atoms with Crippen molar-refractivity contribution in [3.05, 3.63) is 29.8 Å². The maximum atomic E-state index is 13.1. The van der Waals surface area contributed by atoms with Crippen molar-refractivity contribution in [1.29, 1.82) is 0 Å². The lowest BCUT2D eigenvalue weighted by atomic mass is 9.78. The van der Waals surface area contributed by atoms with E-state index in [2.05, 4.69) is 0 Å². The molecule has 0 bridgehead atoms. The number of esters is 1. The molecule has 1 unspecified atom stereocenters. The Hall–Kier alpha value is -2.59. The van der Waals surface area contributed by atoms with Gasteiger partial charge in [-0.15, -0.1) is 0 Å². The number of methoxy groups -OCH3 is 1. The fraction of sp³-hybridized carbons (Fsp3) is 0.654. The summed E-state index contributed by atoms with van der Waals surface area (Å²) in [6.45, 7) is 17.9. The summed E-state index contributed by atoms with van der Waals surface area (Å²) in [5.41, 5.74) is -1.27. The summed E-state index contributed by atoms with van der Waals surface area (Å²) in [6.07, 6.45) is -2.00. The first-order chi connectivity index (χ1) is 16.3. The van der Waals surface area contributed by atoms with E-state index in [1.54, 1.807) is 53.7 Å². The van der Waals surface area contributed by atoms with Gasteiger partial charge in [0.05, 0.1) is 18.3 Å². The monoisotopic (exact) mass is 505 g/mol. The predicted octanol–water partition coefficient (Wildman–Crippen LogP) is 4.24. The van der Waals surface area contributed by atoms with E-state index >= 15 is 0 Å². The summed E-state index contributed by atoms with van der Waals surface area (Å²) in [6, 6.07) is 5.94. The van der Waals surface area contributed by atoms with Crippen LogP contribution in [0.25, 0.3) is 0 Å². The third-order valence-corrected chi connectivity index (χ3v) is 5.90. The van der Waals surface area contributed by atoms with Gasteiger partial charge in [0, 0.05) is 6.42 Å². The van der Waals surface area contributed by atoms with Gasteiger partial charge in [0.2, 0.25) is 0 Å². The molecule has 9 nitrogen and oxygen atoms in total. The second kappa shape index (κ2) is 10.4. The van der Waals surface area contributed by atoms with Crippen molar-refractivity contribution in [1.82, 2.24) is 4.90 Å². The molecule has 200 valence electrons. The highest BCUT2D eigenvalue weighted by atomic mass is 16.7.